The molecular weight excluding hydrogens is 458 g/mol. The molecule has 1 N–H and O–H groups in total. The van der Waals surface area contributed by atoms with Gasteiger partial charge in [-0.25, -0.2) is 4.79 Å². The van der Waals surface area contributed by atoms with Gasteiger partial charge in [0, 0.05) is 22.9 Å². The lowest BCUT2D eigenvalue weighted by atomic mass is 9.34. The van der Waals surface area contributed by atoms with E-state index in [1.165, 1.54) is 18.4 Å². The third-order valence-electron chi connectivity index (χ3n) is 11.7. The van der Waals surface area contributed by atoms with Gasteiger partial charge in [-0.1, -0.05) is 45.4 Å². The molecule has 3 saturated carbocycles. The summed E-state index contributed by atoms with van der Waals surface area (Å²) in [5.41, 5.74) is 4.58. The molecular formula is C33H43NO3. The second-order valence-corrected chi connectivity index (χ2v) is 13.7. The quantitative estimate of drug-likeness (QED) is 0.400. The second kappa shape index (κ2) is 8.23. The smallest absolute Gasteiger partial charge is 0.406 e. The third kappa shape index (κ3) is 3.49. The van der Waals surface area contributed by atoms with Crippen LogP contribution in [0.25, 0.3) is 0 Å². The minimum Gasteiger partial charge on any atom is -0.406 e. The maximum atomic E-state index is 13.3. The average Bonchev–Trinajstić information content (AvgIpc) is 2.85. The lowest BCUT2D eigenvalue weighted by Crippen LogP contribution is -2.61. The van der Waals surface area contributed by atoms with Gasteiger partial charge in [-0.2, -0.15) is 0 Å². The minimum absolute atomic E-state index is 0.0261. The Morgan fingerprint density at radius 1 is 1.08 bits per heavy atom. The van der Waals surface area contributed by atoms with Crippen LogP contribution in [-0.2, 0) is 9.53 Å². The summed E-state index contributed by atoms with van der Waals surface area (Å²) < 4.78 is 5.45. The zero-order valence-electron chi connectivity index (χ0n) is 23.8. The number of amides is 1. The number of ether oxygens (including phenoxy) is 1. The zero-order chi connectivity index (χ0) is 27.0. The van der Waals surface area contributed by atoms with E-state index in [4.69, 9.17) is 11.2 Å². The molecule has 198 valence electrons. The molecule has 0 unspecified atom stereocenters. The van der Waals surface area contributed by atoms with Gasteiger partial charge in [0.05, 0.1) is 0 Å². The summed E-state index contributed by atoms with van der Waals surface area (Å²) in [7, 11) is 0. The molecule has 3 fully saturated rings. The van der Waals surface area contributed by atoms with E-state index in [-0.39, 0.29) is 33.2 Å². The molecule has 0 aromatic heterocycles. The van der Waals surface area contributed by atoms with Crippen molar-refractivity contribution in [3.8, 4) is 12.3 Å². The van der Waals surface area contributed by atoms with Crippen LogP contribution in [0.15, 0.2) is 46.3 Å². The SMILES string of the molecule is C#C[C@]1(C)CC[C@]2(C)CC[C@]3(C)C4=CC=C5C(=CC(=O)C(OC(=O)NCC)=C5C)[C@]4(C)CC[C@@]3(C)[C@@H]2C1. The molecule has 0 aromatic carbocycles. The Morgan fingerprint density at radius 3 is 2.46 bits per heavy atom. The van der Waals surface area contributed by atoms with Crippen LogP contribution in [0.4, 0.5) is 4.79 Å². The maximum Gasteiger partial charge on any atom is 0.412 e. The van der Waals surface area contributed by atoms with Crippen molar-refractivity contribution in [1.82, 2.24) is 5.32 Å². The predicted octanol–water partition coefficient (Wildman–Crippen LogP) is 7.43. The van der Waals surface area contributed by atoms with Crippen molar-refractivity contribution >= 4 is 11.9 Å². The number of nitrogens with one attached hydrogen (secondary N) is 1. The van der Waals surface area contributed by atoms with E-state index in [0.29, 0.717) is 17.9 Å². The van der Waals surface area contributed by atoms with Crippen LogP contribution in [0.2, 0.25) is 0 Å². The van der Waals surface area contributed by atoms with Crippen LogP contribution < -0.4 is 5.32 Å². The van der Waals surface area contributed by atoms with Crippen molar-refractivity contribution in [3.63, 3.8) is 0 Å². The lowest BCUT2D eigenvalue weighted by Gasteiger charge is -2.70. The molecule has 4 heteroatoms. The zero-order valence-corrected chi connectivity index (χ0v) is 23.8. The molecule has 5 aliphatic carbocycles. The Morgan fingerprint density at radius 2 is 1.78 bits per heavy atom. The molecule has 4 nitrogen and oxygen atoms in total. The number of fused-ring (bicyclic) bond motifs is 7. The van der Waals surface area contributed by atoms with Crippen LogP contribution in [0.3, 0.4) is 0 Å². The first-order valence-electron chi connectivity index (χ1n) is 14.1. The Hall–Kier alpha value is -2.54. The van der Waals surface area contributed by atoms with Crippen LogP contribution in [0.1, 0.15) is 93.4 Å². The summed E-state index contributed by atoms with van der Waals surface area (Å²) in [6.45, 7) is 16.4. The number of ketones is 1. The first kappa shape index (κ1) is 26.1. The minimum atomic E-state index is -0.585. The van der Waals surface area contributed by atoms with E-state index >= 15 is 0 Å². The molecule has 0 aliphatic heterocycles. The van der Waals surface area contributed by atoms with Gasteiger partial charge in [-0.05, 0) is 105 Å². The van der Waals surface area contributed by atoms with Gasteiger partial charge in [-0.15, -0.1) is 12.3 Å². The highest BCUT2D eigenvalue weighted by Crippen LogP contribution is 2.75. The largest absolute Gasteiger partial charge is 0.412 e. The number of hydrogen-bond donors (Lipinski definition) is 1. The van der Waals surface area contributed by atoms with Gasteiger partial charge in [0.15, 0.2) is 5.76 Å². The Kier molecular flexibility index (Phi) is 5.80. The normalized spacial score (nSPS) is 42.6. The number of alkyl carbamates (subject to hydrolysis) is 1. The first-order chi connectivity index (χ1) is 17.3. The van der Waals surface area contributed by atoms with Gasteiger partial charge < -0.3 is 10.1 Å². The number of carbonyl (C=O) groups excluding carboxylic acids is 2. The number of carbonyl (C=O) groups is 2. The van der Waals surface area contributed by atoms with Crippen LogP contribution in [-0.4, -0.2) is 18.4 Å². The van der Waals surface area contributed by atoms with Crippen molar-refractivity contribution in [2.45, 2.75) is 93.4 Å². The third-order valence-corrected chi connectivity index (χ3v) is 11.7. The van der Waals surface area contributed by atoms with Crippen LogP contribution in [0.5, 0.6) is 0 Å². The molecule has 0 aromatic rings. The van der Waals surface area contributed by atoms with Gasteiger partial charge in [0.25, 0.3) is 0 Å². The molecule has 0 bridgehead atoms. The average molecular weight is 502 g/mol. The molecule has 0 radical (unpaired) electrons. The standard InChI is InChI=1S/C33H43NO3/c1-9-29(4)13-14-30(5)15-17-32(7)25-12-11-22-21(3)27(37-28(36)34-10-2)24(35)19-23(22)31(25,6)16-18-33(32,8)26(30)20-29/h1,11-12,19,26H,10,13-18,20H2,2-8H3,(H,34,36)/t26-,29-,30-,31+,32-,33+/m1/s1. The fourth-order valence-corrected chi connectivity index (χ4v) is 8.98. The molecule has 0 spiro atoms. The molecule has 5 aliphatic rings. The summed E-state index contributed by atoms with van der Waals surface area (Å²) in [4.78, 5) is 25.4. The highest BCUT2D eigenvalue weighted by molar-refractivity contribution is 6.08. The van der Waals surface area contributed by atoms with Gasteiger partial charge in [0.2, 0.25) is 5.78 Å². The number of terminal acetylenes is 1. The highest BCUT2D eigenvalue weighted by Gasteiger charge is 2.66. The van der Waals surface area contributed by atoms with E-state index in [1.807, 2.05) is 13.8 Å². The van der Waals surface area contributed by atoms with Crippen molar-refractivity contribution in [1.29, 1.82) is 0 Å². The molecule has 37 heavy (non-hydrogen) atoms. The van der Waals surface area contributed by atoms with Gasteiger partial charge in [0.1, 0.15) is 0 Å². The first-order valence-corrected chi connectivity index (χ1v) is 14.1. The molecule has 6 atom stereocenters. The number of hydrogen-bond acceptors (Lipinski definition) is 3. The fraction of sp³-hybridized carbons (Fsp3) is 0.636. The summed E-state index contributed by atoms with van der Waals surface area (Å²) in [6, 6.07) is 0. The molecule has 1 amide bonds. The van der Waals surface area contributed by atoms with Crippen molar-refractivity contribution in [2.24, 2.45) is 33.0 Å². The Bertz CT molecular complexity index is 1240. The van der Waals surface area contributed by atoms with Crippen molar-refractivity contribution < 1.29 is 14.3 Å². The van der Waals surface area contributed by atoms with Gasteiger partial charge in [-0.3, -0.25) is 4.79 Å². The summed E-state index contributed by atoms with van der Waals surface area (Å²) in [6.07, 6.45) is 19.7. The fourth-order valence-electron chi connectivity index (χ4n) is 8.98. The molecule has 0 saturated heterocycles. The maximum absolute atomic E-state index is 13.3. The number of rotatable bonds is 2. The van der Waals surface area contributed by atoms with E-state index in [2.05, 4.69) is 58.0 Å². The van der Waals surface area contributed by atoms with Crippen molar-refractivity contribution in [3.05, 3.63) is 46.3 Å². The van der Waals surface area contributed by atoms with E-state index in [9.17, 15) is 9.59 Å². The van der Waals surface area contributed by atoms with Crippen LogP contribution in [0, 0.1) is 45.3 Å². The van der Waals surface area contributed by atoms with E-state index in [1.54, 1.807) is 6.08 Å². The van der Waals surface area contributed by atoms with Gasteiger partial charge >= 0.3 is 6.09 Å². The summed E-state index contributed by atoms with van der Waals surface area (Å²) >= 11 is 0. The Labute approximate surface area is 223 Å². The second-order valence-electron chi connectivity index (χ2n) is 13.7. The Balaban J connectivity index is 1.58. The number of allylic oxidation sites excluding steroid dienone is 7. The summed E-state index contributed by atoms with van der Waals surface area (Å²) in [5.74, 6) is 3.67. The summed E-state index contributed by atoms with van der Waals surface area (Å²) in [5, 5.41) is 2.62. The molecule has 0 heterocycles. The van der Waals surface area contributed by atoms with Crippen LogP contribution >= 0.6 is 0 Å². The van der Waals surface area contributed by atoms with Crippen molar-refractivity contribution in [2.75, 3.05) is 6.54 Å². The van der Waals surface area contributed by atoms with E-state index in [0.717, 1.165) is 48.8 Å². The molecule has 5 rings (SSSR count). The topological polar surface area (TPSA) is 55.4 Å². The predicted molar refractivity (Wildman–Crippen MR) is 147 cm³/mol. The lowest BCUT2D eigenvalue weighted by molar-refractivity contribution is -0.154. The van der Waals surface area contributed by atoms with E-state index < -0.39 is 6.09 Å². The highest BCUT2D eigenvalue weighted by atomic mass is 16.6. The monoisotopic (exact) mass is 501 g/mol.